The van der Waals surface area contributed by atoms with Gasteiger partial charge in [-0.15, -0.1) is 11.3 Å². The molecule has 0 aliphatic carbocycles. The van der Waals surface area contributed by atoms with Gasteiger partial charge in [0.1, 0.15) is 0 Å². The lowest BCUT2D eigenvalue weighted by Gasteiger charge is -1.82. The number of ketones is 1. The van der Waals surface area contributed by atoms with Crippen molar-refractivity contribution in [2.24, 2.45) is 0 Å². The van der Waals surface area contributed by atoms with Gasteiger partial charge in [0.2, 0.25) is 0 Å². The smallest absolute Gasteiger partial charge is 0.166 e. The number of hydrogen-bond donors (Lipinski definition) is 0. The monoisotopic (exact) mass is 230 g/mol. The van der Waals surface area contributed by atoms with Gasteiger partial charge in [-0.3, -0.25) is 4.79 Å². The van der Waals surface area contributed by atoms with Crippen molar-refractivity contribution < 1.29 is 4.79 Å². The maximum absolute atomic E-state index is 10.8. The van der Waals surface area contributed by atoms with Crippen molar-refractivity contribution >= 4 is 39.1 Å². The number of allylic oxidation sites excluding steroid dienone is 1. The molecule has 0 atom stereocenters. The molecule has 0 radical (unpaired) electrons. The molecule has 1 heterocycles. The Kier molecular flexibility index (Phi) is 3.52. The largest absolute Gasteiger partial charge is 0.294 e. The predicted molar refractivity (Wildman–Crippen MR) is 52.2 cm³/mol. The number of thiophene rings is 1. The van der Waals surface area contributed by atoms with Crippen LogP contribution in [0.5, 0.6) is 0 Å². The first-order valence-corrected chi connectivity index (χ1v) is 5.13. The summed E-state index contributed by atoms with van der Waals surface area (Å²) in [6, 6.07) is 3.94. The number of alkyl halides is 1. The zero-order valence-electron chi connectivity index (χ0n) is 5.79. The van der Waals surface area contributed by atoms with Gasteiger partial charge in [0.15, 0.2) is 5.78 Å². The zero-order valence-corrected chi connectivity index (χ0v) is 8.19. The molecule has 11 heavy (non-hydrogen) atoms. The lowest BCUT2D eigenvalue weighted by atomic mass is 10.3. The topological polar surface area (TPSA) is 17.1 Å². The molecular formula is C8H7BrOS. The quantitative estimate of drug-likeness (QED) is 0.577. The van der Waals surface area contributed by atoms with E-state index in [1.165, 1.54) is 0 Å². The van der Waals surface area contributed by atoms with Gasteiger partial charge in [0.05, 0.1) is 5.33 Å². The molecule has 58 valence electrons. The van der Waals surface area contributed by atoms with Crippen LogP contribution in [-0.2, 0) is 4.79 Å². The highest BCUT2D eigenvalue weighted by Gasteiger charge is 1.91. The lowest BCUT2D eigenvalue weighted by Crippen LogP contribution is -1.90. The van der Waals surface area contributed by atoms with Crippen molar-refractivity contribution in [3.8, 4) is 0 Å². The van der Waals surface area contributed by atoms with Crippen molar-refractivity contribution in [3.63, 3.8) is 0 Å². The van der Waals surface area contributed by atoms with E-state index in [4.69, 9.17) is 0 Å². The minimum absolute atomic E-state index is 0.0957. The molecule has 0 fully saturated rings. The van der Waals surface area contributed by atoms with E-state index < -0.39 is 0 Å². The molecule has 0 N–H and O–H groups in total. The maximum atomic E-state index is 10.8. The van der Waals surface area contributed by atoms with E-state index in [0.29, 0.717) is 5.33 Å². The molecular weight excluding hydrogens is 224 g/mol. The van der Waals surface area contributed by atoms with Crippen LogP contribution in [0.15, 0.2) is 23.6 Å². The fourth-order valence-corrected chi connectivity index (χ4v) is 1.41. The third kappa shape index (κ3) is 2.99. The Morgan fingerprint density at radius 2 is 2.55 bits per heavy atom. The van der Waals surface area contributed by atoms with Crippen LogP contribution in [-0.4, -0.2) is 11.1 Å². The van der Waals surface area contributed by atoms with Crippen molar-refractivity contribution in [1.82, 2.24) is 0 Å². The van der Waals surface area contributed by atoms with E-state index in [1.54, 1.807) is 17.4 Å². The molecule has 1 aromatic rings. The molecule has 0 unspecified atom stereocenters. The van der Waals surface area contributed by atoms with Crippen LogP contribution in [0.3, 0.4) is 0 Å². The van der Waals surface area contributed by atoms with Gasteiger partial charge in [0, 0.05) is 4.88 Å². The summed E-state index contributed by atoms with van der Waals surface area (Å²) in [4.78, 5) is 11.9. The van der Waals surface area contributed by atoms with Crippen molar-refractivity contribution in [2.45, 2.75) is 0 Å². The summed E-state index contributed by atoms with van der Waals surface area (Å²) in [7, 11) is 0. The number of carbonyl (C=O) groups excluding carboxylic acids is 1. The van der Waals surface area contributed by atoms with Crippen LogP contribution in [0.25, 0.3) is 6.08 Å². The first kappa shape index (κ1) is 8.68. The predicted octanol–water partition coefficient (Wildman–Crippen LogP) is 2.73. The van der Waals surface area contributed by atoms with Gasteiger partial charge in [-0.05, 0) is 23.6 Å². The van der Waals surface area contributed by atoms with E-state index in [9.17, 15) is 4.79 Å². The Labute approximate surface area is 77.9 Å². The fourth-order valence-electron chi connectivity index (χ4n) is 0.606. The molecule has 0 saturated heterocycles. The van der Waals surface area contributed by atoms with E-state index in [1.807, 2.05) is 23.6 Å². The molecule has 0 spiro atoms. The van der Waals surface area contributed by atoms with Gasteiger partial charge in [-0.1, -0.05) is 22.0 Å². The summed E-state index contributed by atoms with van der Waals surface area (Å²) in [5, 5.41) is 2.38. The minimum Gasteiger partial charge on any atom is -0.294 e. The number of rotatable bonds is 3. The second kappa shape index (κ2) is 4.46. The first-order chi connectivity index (χ1) is 5.33. The van der Waals surface area contributed by atoms with Crippen molar-refractivity contribution in [1.29, 1.82) is 0 Å². The number of carbonyl (C=O) groups is 1. The standard InChI is InChI=1S/C8H7BrOS/c9-6-7(10)3-4-8-2-1-5-11-8/h1-5H,6H2. The highest BCUT2D eigenvalue weighted by Crippen LogP contribution is 2.09. The molecule has 3 heteroatoms. The minimum atomic E-state index is 0.0957. The van der Waals surface area contributed by atoms with Crippen molar-refractivity contribution in [3.05, 3.63) is 28.5 Å². The van der Waals surface area contributed by atoms with Crippen molar-refractivity contribution in [2.75, 3.05) is 5.33 Å². The van der Waals surface area contributed by atoms with E-state index in [-0.39, 0.29) is 5.78 Å². The van der Waals surface area contributed by atoms with Crippen LogP contribution in [0.2, 0.25) is 0 Å². The Morgan fingerprint density at radius 3 is 3.09 bits per heavy atom. The summed E-state index contributed by atoms with van der Waals surface area (Å²) >= 11 is 4.70. The van der Waals surface area contributed by atoms with Crippen LogP contribution in [0.1, 0.15) is 4.88 Å². The molecule has 0 aliphatic heterocycles. The molecule has 1 rings (SSSR count). The number of hydrogen-bond acceptors (Lipinski definition) is 2. The van der Waals surface area contributed by atoms with Gasteiger partial charge < -0.3 is 0 Å². The average Bonchev–Trinajstić information content (AvgIpc) is 2.52. The Morgan fingerprint density at radius 1 is 1.73 bits per heavy atom. The van der Waals surface area contributed by atoms with Crippen LogP contribution < -0.4 is 0 Å². The maximum Gasteiger partial charge on any atom is 0.166 e. The normalized spacial score (nSPS) is 10.6. The average molecular weight is 231 g/mol. The molecule has 0 bridgehead atoms. The Hall–Kier alpha value is -0.410. The Balaban J connectivity index is 2.55. The van der Waals surface area contributed by atoms with Crippen LogP contribution >= 0.6 is 27.3 Å². The van der Waals surface area contributed by atoms with E-state index in [2.05, 4.69) is 15.9 Å². The lowest BCUT2D eigenvalue weighted by molar-refractivity contribution is -0.112. The van der Waals surface area contributed by atoms with Gasteiger partial charge in [-0.25, -0.2) is 0 Å². The van der Waals surface area contributed by atoms with E-state index >= 15 is 0 Å². The summed E-state index contributed by atoms with van der Waals surface area (Å²) < 4.78 is 0. The SMILES string of the molecule is O=C(C=Cc1cccs1)CBr. The highest BCUT2D eigenvalue weighted by molar-refractivity contribution is 9.09. The van der Waals surface area contributed by atoms with Crippen LogP contribution in [0, 0.1) is 0 Å². The second-order valence-electron chi connectivity index (χ2n) is 1.95. The highest BCUT2D eigenvalue weighted by atomic mass is 79.9. The van der Waals surface area contributed by atoms with Gasteiger partial charge >= 0.3 is 0 Å². The zero-order chi connectivity index (χ0) is 8.10. The van der Waals surface area contributed by atoms with E-state index in [0.717, 1.165) is 4.88 Å². The third-order valence-corrected chi connectivity index (χ3v) is 2.50. The number of halogens is 1. The summed E-state index contributed by atoms with van der Waals surface area (Å²) in [5.74, 6) is 0.0957. The molecule has 1 nitrogen and oxygen atoms in total. The third-order valence-electron chi connectivity index (χ3n) is 1.11. The molecule has 0 aromatic carbocycles. The Bertz CT molecular complexity index is 251. The first-order valence-electron chi connectivity index (χ1n) is 3.13. The van der Waals surface area contributed by atoms with Crippen LogP contribution in [0.4, 0.5) is 0 Å². The van der Waals surface area contributed by atoms with Gasteiger partial charge in [-0.2, -0.15) is 0 Å². The summed E-state index contributed by atoms with van der Waals surface area (Å²) in [6.07, 6.45) is 3.41. The molecule has 0 aliphatic rings. The summed E-state index contributed by atoms with van der Waals surface area (Å²) in [5.41, 5.74) is 0. The molecule has 0 saturated carbocycles. The second-order valence-corrected chi connectivity index (χ2v) is 3.49. The summed E-state index contributed by atoms with van der Waals surface area (Å²) in [6.45, 7) is 0. The molecule has 0 amide bonds. The molecule has 1 aromatic heterocycles. The van der Waals surface area contributed by atoms with Gasteiger partial charge in [0.25, 0.3) is 0 Å². The fraction of sp³-hybridized carbons (Fsp3) is 0.125.